The lowest BCUT2D eigenvalue weighted by atomic mass is 10.0. The number of hydrogen-bond acceptors (Lipinski definition) is 2. The summed E-state index contributed by atoms with van der Waals surface area (Å²) in [6, 6.07) is 10.3. The van der Waals surface area contributed by atoms with Gasteiger partial charge in [0.15, 0.2) is 0 Å². The van der Waals surface area contributed by atoms with Gasteiger partial charge in [0, 0.05) is 11.3 Å². The lowest BCUT2D eigenvalue weighted by Gasteiger charge is -2.10. The van der Waals surface area contributed by atoms with Crippen molar-refractivity contribution in [1.29, 1.82) is 0 Å². The molecular formula is C14H16OS. The molecule has 2 aromatic rings. The van der Waals surface area contributed by atoms with Crippen LogP contribution < -0.4 is 0 Å². The second-order valence-electron chi connectivity index (χ2n) is 4.14. The molecule has 0 radical (unpaired) electrons. The number of aliphatic hydroxyl groups excluding tert-OH is 1. The summed E-state index contributed by atoms with van der Waals surface area (Å²) < 4.78 is 0. The highest BCUT2D eigenvalue weighted by Gasteiger charge is 2.11. The Balaban J connectivity index is 2.14. The van der Waals surface area contributed by atoms with Crippen molar-refractivity contribution < 1.29 is 5.11 Å². The zero-order valence-electron chi connectivity index (χ0n) is 9.60. The smallest absolute Gasteiger partial charge is 0.0840 e. The second kappa shape index (κ2) is 4.81. The highest BCUT2D eigenvalue weighted by atomic mass is 32.1. The van der Waals surface area contributed by atoms with E-state index in [2.05, 4.69) is 32.0 Å². The highest BCUT2D eigenvalue weighted by molar-refractivity contribution is 7.10. The van der Waals surface area contributed by atoms with Crippen molar-refractivity contribution >= 4 is 11.3 Å². The summed E-state index contributed by atoms with van der Waals surface area (Å²) in [6.45, 7) is 4.13. The first-order chi connectivity index (χ1) is 7.66. The molecule has 16 heavy (non-hydrogen) atoms. The van der Waals surface area contributed by atoms with Crippen LogP contribution in [0, 0.1) is 13.8 Å². The van der Waals surface area contributed by atoms with Crippen LogP contribution in [0.4, 0.5) is 0 Å². The summed E-state index contributed by atoms with van der Waals surface area (Å²) in [6.07, 6.45) is 0.312. The molecule has 0 amide bonds. The van der Waals surface area contributed by atoms with E-state index in [0.717, 1.165) is 5.56 Å². The lowest BCUT2D eigenvalue weighted by molar-refractivity contribution is 0.178. The molecule has 0 fully saturated rings. The molecule has 1 N–H and O–H groups in total. The molecule has 0 aliphatic carbocycles. The predicted molar refractivity (Wildman–Crippen MR) is 68.9 cm³/mol. The maximum atomic E-state index is 10.1. The largest absolute Gasteiger partial charge is 0.388 e. The van der Waals surface area contributed by atoms with E-state index in [9.17, 15) is 5.11 Å². The minimum Gasteiger partial charge on any atom is -0.388 e. The van der Waals surface area contributed by atoms with Gasteiger partial charge in [-0.1, -0.05) is 29.8 Å². The van der Waals surface area contributed by atoms with Crippen LogP contribution >= 0.6 is 11.3 Å². The summed E-state index contributed by atoms with van der Waals surface area (Å²) in [5.74, 6) is 0. The molecule has 1 atom stereocenters. The lowest BCUT2D eigenvalue weighted by Crippen LogP contribution is -2.01. The van der Waals surface area contributed by atoms with Gasteiger partial charge >= 0.3 is 0 Å². The number of hydrogen-bond donors (Lipinski definition) is 1. The molecule has 0 spiro atoms. The van der Waals surface area contributed by atoms with E-state index in [4.69, 9.17) is 0 Å². The van der Waals surface area contributed by atoms with Gasteiger partial charge in [-0.05, 0) is 36.4 Å². The summed E-state index contributed by atoms with van der Waals surface area (Å²) in [5.41, 5.74) is 3.50. The molecule has 0 saturated carbocycles. The predicted octanol–water partition coefficient (Wildman–Crippen LogP) is 3.64. The molecule has 2 rings (SSSR count). The minimum atomic E-state index is -0.381. The van der Waals surface area contributed by atoms with Gasteiger partial charge < -0.3 is 5.11 Å². The van der Waals surface area contributed by atoms with Crippen LogP contribution in [0.1, 0.15) is 27.7 Å². The van der Waals surface area contributed by atoms with Crippen LogP contribution in [0.25, 0.3) is 0 Å². The van der Waals surface area contributed by atoms with Crippen molar-refractivity contribution in [3.8, 4) is 0 Å². The molecule has 2 heteroatoms. The van der Waals surface area contributed by atoms with E-state index >= 15 is 0 Å². The van der Waals surface area contributed by atoms with Crippen LogP contribution in [-0.4, -0.2) is 5.11 Å². The van der Waals surface area contributed by atoms with Crippen molar-refractivity contribution in [1.82, 2.24) is 0 Å². The van der Waals surface area contributed by atoms with Gasteiger partial charge in [-0.25, -0.2) is 0 Å². The van der Waals surface area contributed by atoms with Gasteiger partial charge in [0.2, 0.25) is 0 Å². The first kappa shape index (κ1) is 11.4. The molecule has 1 aromatic heterocycles. The van der Waals surface area contributed by atoms with Crippen molar-refractivity contribution in [3.05, 3.63) is 57.3 Å². The first-order valence-electron chi connectivity index (χ1n) is 5.44. The maximum Gasteiger partial charge on any atom is 0.0840 e. The Morgan fingerprint density at radius 2 is 2.06 bits per heavy atom. The van der Waals surface area contributed by atoms with Gasteiger partial charge in [0.05, 0.1) is 6.10 Å². The van der Waals surface area contributed by atoms with E-state index in [1.54, 1.807) is 11.3 Å². The van der Waals surface area contributed by atoms with E-state index in [0.29, 0.717) is 6.42 Å². The number of benzene rings is 1. The van der Waals surface area contributed by atoms with E-state index in [1.165, 1.54) is 16.0 Å². The quantitative estimate of drug-likeness (QED) is 0.856. The first-order valence-corrected chi connectivity index (χ1v) is 6.32. The highest BCUT2D eigenvalue weighted by Crippen LogP contribution is 2.25. The van der Waals surface area contributed by atoms with E-state index in [1.807, 2.05) is 17.5 Å². The number of aliphatic hydroxyl groups is 1. The Morgan fingerprint density at radius 1 is 1.25 bits per heavy atom. The second-order valence-corrected chi connectivity index (χ2v) is 5.26. The van der Waals surface area contributed by atoms with Gasteiger partial charge in [0.25, 0.3) is 0 Å². The number of aryl methyl sites for hydroxylation is 2. The zero-order chi connectivity index (χ0) is 11.5. The molecule has 1 aromatic carbocycles. The fourth-order valence-corrected chi connectivity index (χ4v) is 2.67. The van der Waals surface area contributed by atoms with Gasteiger partial charge in [0.1, 0.15) is 0 Å². The maximum absolute atomic E-state index is 10.1. The standard InChI is InChI=1S/C14H16OS/c1-10-4-3-5-12(8-10)9-14(15)13-6-7-16-11(13)2/h3-8,14-15H,9H2,1-2H3. The Bertz CT molecular complexity index is 473. The zero-order valence-corrected chi connectivity index (χ0v) is 10.4. The third-order valence-electron chi connectivity index (χ3n) is 2.77. The summed E-state index contributed by atoms with van der Waals surface area (Å²) in [7, 11) is 0. The van der Waals surface area contributed by atoms with Crippen LogP contribution in [-0.2, 0) is 6.42 Å². The molecular weight excluding hydrogens is 216 g/mol. The topological polar surface area (TPSA) is 20.2 Å². The Morgan fingerprint density at radius 3 is 2.69 bits per heavy atom. The summed E-state index contributed by atoms with van der Waals surface area (Å²) in [5, 5.41) is 12.2. The van der Waals surface area contributed by atoms with Gasteiger partial charge in [-0.3, -0.25) is 0 Å². The molecule has 0 saturated heterocycles. The van der Waals surface area contributed by atoms with Crippen molar-refractivity contribution in [2.24, 2.45) is 0 Å². The van der Waals surface area contributed by atoms with Crippen LogP contribution in [0.5, 0.6) is 0 Å². The van der Waals surface area contributed by atoms with Gasteiger partial charge in [-0.2, -0.15) is 0 Å². The van der Waals surface area contributed by atoms with E-state index in [-0.39, 0.29) is 6.10 Å². The monoisotopic (exact) mass is 232 g/mol. The normalized spacial score (nSPS) is 12.7. The molecule has 0 aliphatic rings. The number of rotatable bonds is 3. The van der Waals surface area contributed by atoms with Crippen LogP contribution in [0.3, 0.4) is 0 Å². The average Bonchev–Trinajstić information content (AvgIpc) is 2.64. The summed E-state index contributed by atoms with van der Waals surface area (Å²) in [4.78, 5) is 1.21. The van der Waals surface area contributed by atoms with Crippen LogP contribution in [0.2, 0.25) is 0 Å². The van der Waals surface area contributed by atoms with Gasteiger partial charge in [-0.15, -0.1) is 11.3 Å². The van der Waals surface area contributed by atoms with Crippen molar-refractivity contribution in [3.63, 3.8) is 0 Å². The fourth-order valence-electron chi connectivity index (χ4n) is 1.91. The molecule has 1 heterocycles. The van der Waals surface area contributed by atoms with Crippen LogP contribution in [0.15, 0.2) is 35.7 Å². The molecule has 84 valence electrons. The number of thiophene rings is 1. The minimum absolute atomic E-state index is 0.381. The SMILES string of the molecule is Cc1cccc(CC(O)c2ccsc2C)c1. The fraction of sp³-hybridized carbons (Fsp3) is 0.286. The Hall–Kier alpha value is -1.12. The molecule has 0 aliphatic heterocycles. The van der Waals surface area contributed by atoms with Crippen molar-refractivity contribution in [2.75, 3.05) is 0 Å². The van der Waals surface area contributed by atoms with Crippen molar-refractivity contribution in [2.45, 2.75) is 26.4 Å². The third kappa shape index (κ3) is 2.52. The Labute approximate surface area is 100 Å². The summed E-state index contributed by atoms with van der Waals surface area (Å²) >= 11 is 1.69. The van der Waals surface area contributed by atoms with E-state index < -0.39 is 0 Å². The average molecular weight is 232 g/mol. The molecule has 1 unspecified atom stereocenters. The molecule has 1 nitrogen and oxygen atoms in total. The molecule has 0 bridgehead atoms. The third-order valence-corrected chi connectivity index (χ3v) is 3.63. The Kier molecular flexibility index (Phi) is 3.42.